The van der Waals surface area contributed by atoms with E-state index in [-0.39, 0.29) is 30.4 Å². The fraction of sp³-hybridized carbons (Fsp3) is 0.565. The van der Waals surface area contributed by atoms with Crippen molar-refractivity contribution in [1.82, 2.24) is 25.2 Å². The van der Waals surface area contributed by atoms with Gasteiger partial charge in [-0.05, 0) is 36.5 Å². The van der Waals surface area contributed by atoms with Crippen LogP contribution in [0.4, 0.5) is 0 Å². The third-order valence-corrected chi connectivity index (χ3v) is 6.13. The predicted octanol–water partition coefficient (Wildman–Crippen LogP) is 2.18. The van der Waals surface area contributed by atoms with Crippen LogP contribution in [0.2, 0.25) is 0 Å². The molecule has 0 unspecified atom stereocenters. The molecule has 3 heterocycles. The number of piperidine rings is 1. The van der Waals surface area contributed by atoms with E-state index >= 15 is 0 Å². The highest BCUT2D eigenvalue weighted by molar-refractivity contribution is 5.93. The van der Waals surface area contributed by atoms with Crippen molar-refractivity contribution in [2.24, 2.45) is 11.8 Å². The Bertz CT molecular complexity index is 948. The molecular formula is C23H31N5O4. The summed E-state index contributed by atoms with van der Waals surface area (Å²) < 4.78 is 13.0. The molecule has 2 aliphatic heterocycles. The quantitative estimate of drug-likeness (QED) is 0.738. The predicted molar refractivity (Wildman–Crippen MR) is 117 cm³/mol. The first-order valence-corrected chi connectivity index (χ1v) is 11.2. The zero-order chi connectivity index (χ0) is 22.7. The molecule has 32 heavy (non-hydrogen) atoms. The van der Waals surface area contributed by atoms with Gasteiger partial charge in [-0.25, -0.2) is 4.68 Å². The van der Waals surface area contributed by atoms with E-state index in [1.54, 1.807) is 16.7 Å². The molecule has 0 aliphatic carbocycles. The number of nitrogens with one attached hydrogen (secondary N) is 1. The molecular weight excluding hydrogens is 410 g/mol. The summed E-state index contributed by atoms with van der Waals surface area (Å²) in [5.41, 5.74) is 2.08. The summed E-state index contributed by atoms with van der Waals surface area (Å²) in [7, 11) is 1.64. The van der Waals surface area contributed by atoms with Crippen molar-refractivity contribution in [3.8, 4) is 5.75 Å². The van der Waals surface area contributed by atoms with Crippen LogP contribution in [-0.2, 0) is 22.7 Å². The molecule has 9 heteroatoms. The van der Waals surface area contributed by atoms with Gasteiger partial charge in [0.15, 0.2) is 5.69 Å². The lowest BCUT2D eigenvalue weighted by Crippen LogP contribution is -2.44. The van der Waals surface area contributed by atoms with Crippen molar-refractivity contribution in [2.45, 2.75) is 45.9 Å². The molecule has 1 fully saturated rings. The molecule has 1 aromatic heterocycles. The number of carbonyl (C=O) groups excluding carboxylic acids is 2. The maximum Gasteiger partial charge on any atom is 0.276 e. The van der Waals surface area contributed by atoms with Crippen molar-refractivity contribution >= 4 is 11.8 Å². The van der Waals surface area contributed by atoms with Gasteiger partial charge < -0.3 is 19.7 Å². The molecule has 0 spiro atoms. The molecule has 1 N–H and O–H groups in total. The summed E-state index contributed by atoms with van der Waals surface area (Å²) >= 11 is 0. The summed E-state index contributed by atoms with van der Waals surface area (Å²) in [6.45, 7) is 6.69. The summed E-state index contributed by atoms with van der Waals surface area (Å²) in [6, 6.07) is 7.74. The first-order valence-electron chi connectivity index (χ1n) is 11.2. The van der Waals surface area contributed by atoms with Gasteiger partial charge in [-0.2, -0.15) is 0 Å². The van der Waals surface area contributed by atoms with Crippen LogP contribution in [0.1, 0.15) is 54.5 Å². The normalized spacial score (nSPS) is 19.0. The monoisotopic (exact) mass is 441 g/mol. The molecule has 1 aromatic carbocycles. The van der Waals surface area contributed by atoms with Gasteiger partial charge in [0.05, 0.1) is 26.0 Å². The second kappa shape index (κ2) is 9.68. The Morgan fingerprint density at radius 3 is 2.59 bits per heavy atom. The SMILES string of the molecule is COc1ccc([C@@H]2Cn3nnc(C(=O)N4CCC(C(=O)NCC(C)C)CC4)c3CO2)cc1. The van der Waals surface area contributed by atoms with Gasteiger partial charge in [0.25, 0.3) is 5.91 Å². The zero-order valence-corrected chi connectivity index (χ0v) is 18.9. The molecule has 4 rings (SSSR count). The molecule has 0 radical (unpaired) electrons. The molecule has 2 aliphatic rings. The van der Waals surface area contributed by atoms with Crippen molar-refractivity contribution in [3.63, 3.8) is 0 Å². The van der Waals surface area contributed by atoms with Crippen LogP contribution in [0.5, 0.6) is 5.75 Å². The molecule has 9 nitrogen and oxygen atoms in total. The number of methoxy groups -OCH3 is 1. The first kappa shape index (κ1) is 22.3. The Morgan fingerprint density at radius 2 is 1.94 bits per heavy atom. The Labute approximate surface area is 188 Å². The molecule has 1 saturated heterocycles. The number of amides is 2. The van der Waals surface area contributed by atoms with Crippen molar-refractivity contribution < 1.29 is 19.1 Å². The smallest absolute Gasteiger partial charge is 0.276 e. The van der Waals surface area contributed by atoms with Gasteiger partial charge in [0, 0.05) is 25.6 Å². The van der Waals surface area contributed by atoms with Crippen LogP contribution in [-0.4, -0.2) is 58.5 Å². The van der Waals surface area contributed by atoms with E-state index in [1.807, 2.05) is 24.3 Å². The molecule has 2 amide bonds. The topological polar surface area (TPSA) is 98.6 Å². The van der Waals surface area contributed by atoms with Gasteiger partial charge in [-0.3, -0.25) is 9.59 Å². The highest BCUT2D eigenvalue weighted by atomic mass is 16.5. The van der Waals surface area contributed by atoms with Crippen LogP contribution in [0.15, 0.2) is 24.3 Å². The lowest BCUT2D eigenvalue weighted by Gasteiger charge is -2.31. The number of hydrogen-bond acceptors (Lipinski definition) is 6. The van der Waals surface area contributed by atoms with Gasteiger partial charge in [0.2, 0.25) is 5.91 Å². The fourth-order valence-electron chi connectivity index (χ4n) is 4.14. The van der Waals surface area contributed by atoms with Crippen LogP contribution in [0.3, 0.4) is 0 Å². The Morgan fingerprint density at radius 1 is 1.22 bits per heavy atom. The zero-order valence-electron chi connectivity index (χ0n) is 18.9. The summed E-state index contributed by atoms with van der Waals surface area (Å²) in [5.74, 6) is 1.12. The first-order chi connectivity index (χ1) is 15.5. The van der Waals surface area contributed by atoms with Gasteiger partial charge in [-0.15, -0.1) is 5.10 Å². The minimum Gasteiger partial charge on any atom is -0.497 e. The van der Waals surface area contributed by atoms with Gasteiger partial charge in [0.1, 0.15) is 11.9 Å². The van der Waals surface area contributed by atoms with Gasteiger partial charge in [-0.1, -0.05) is 31.2 Å². The summed E-state index contributed by atoms with van der Waals surface area (Å²) in [6.07, 6.45) is 1.17. The second-order valence-electron chi connectivity index (χ2n) is 8.85. The van der Waals surface area contributed by atoms with E-state index in [2.05, 4.69) is 29.5 Å². The lowest BCUT2D eigenvalue weighted by atomic mass is 9.95. The number of fused-ring (bicyclic) bond motifs is 1. The average Bonchev–Trinajstić information content (AvgIpc) is 3.25. The van der Waals surface area contributed by atoms with E-state index in [9.17, 15) is 9.59 Å². The van der Waals surface area contributed by atoms with E-state index in [0.717, 1.165) is 11.3 Å². The maximum absolute atomic E-state index is 13.1. The lowest BCUT2D eigenvalue weighted by molar-refractivity contribution is -0.126. The maximum atomic E-state index is 13.1. The van der Waals surface area contributed by atoms with Crippen LogP contribution < -0.4 is 10.1 Å². The van der Waals surface area contributed by atoms with Crippen LogP contribution in [0.25, 0.3) is 0 Å². The Balaban J connectivity index is 1.35. The molecule has 0 saturated carbocycles. The number of likely N-dealkylation sites (tertiary alicyclic amines) is 1. The molecule has 0 bridgehead atoms. The van der Waals surface area contributed by atoms with E-state index < -0.39 is 0 Å². The third-order valence-electron chi connectivity index (χ3n) is 6.13. The Kier molecular flexibility index (Phi) is 6.74. The minimum absolute atomic E-state index is 0.0413. The minimum atomic E-state index is -0.154. The van der Waals surface area contributed by atoms with Gasteiger partial charge >= 0.3 is 0 Å². The summed E-state index contributed by atoms with van der Waals surface area (Å²) in [4.78, 5) is 27.2. The van der Waals surface area contributed by atoms with E-state index in [4.69, 9.17) is 9.47 Å². The standard InChI is InChI=1S/C23H31N5O4/c1-15(2)12-24-22(29)17-8-10-27(11-9-17)23(30)21-19-14-32-20(13-28(19)26-25-21)16-4-6-18(31-3)7-5-16/h4-7,15,17,20H,8-14H2,1-3H3,(H,24,29)/t20-/m0/s1. The van der Waals surface area contributed by atoms with Crippen molar-refractivity contribution in [1.29, 1.82) is 0 Å². The number of carbonyl (C=O) groups is 2. The molecule has 1 atom stereocenters. The highest BCUT2D eigenvalue weighted by Crippen LogP contribution is 2.29. The van der Waals surface area contributed by atoms with E-state index in [1.165, 1.54) is 0 Å². The van der Waals surface area contributed by atoms with E-state index in [0.29, 0.717) is 56.3 Å². The fourth-order valence-corrected chi connectivity index (χ4v) is 4.14. The van der Waals surface area contributed by atoms with Crippen LogP contribution in [0, 0.1) is 11.8 Å². The molecule has 2 aromatic rings. The van der Waals surface area contributed by atoms with Crippen molar-refractivity contribution in [2.75, 3.05) is 26.7 Å². The largest absolute Gasteiger partial charge is 0.497 e. The number of aromatic nitrogens is 3. The summed E-state index contributed by atoms with van der Waals surface area (Å²) in [5, 5.41) is 11.4. The highest BCUT2D eigenvalue weighted by Gasteiger charge is 2.33. The number of rotatable bonds is 6. The Hall–Kier alpha value is -2.94. The third kappa shape index (κ3) is 4.77. The molecule has 172 valence electrons. The van der Waals surface area contributed by atoms with Crippen molar-refractivity contribution in [3.05, 3.63) is 41.2 Å². The number of ether oxygens (including phenoxy) is 2. The number of hydrogen-bond donors (Lipinski definition) is 1. The second-order valence-corrected chi connectivity index (χ2v) is 8.85. The average molecular weight is 442 g/mol. The van der Waals surface area contributed by atoms with Crippen LogP contribution >= 0.6 is 0 Å². The number of benzene rings is 1. The number of nitrogens with zero attached hydrogens (tertiary/aromatic N) is 4.